The maximum absolute atomic E-state index is 12.8. The van der Waals surface area contributed by atoms with Gasteiger partial charge in [0.25, 0.3) is 0 Å². The van der Waals surface area contributed by atoms with Crippen molar-refractivity contribution in [1.29, 1.82) is 5.26 Å². The number of para-hydroxylation sites is 1. The van der Waals surface area contributed by atoms with Gasteiger partial charge in [0.15, 0.2) is 5.16 Å². The lowest BCUT2D eigenvalue weighted by molar-refractivity contribution is -0.113. The van der Waals surface area contributed by atoms with E-state index in [2.05, 4.69) is 48.4 Å². The first-order valence-corrected chi connectivity index (χ1v) is 14.0. The normalized spacial score (nSPS) is 15.3. The molecule has 1 amide bonds. The summed E-state index contributed by atoms with van der Waals surface area (Å²) >= 11 is 2.91. The van der Waals surface area contributed by atoms with Crippen molar-refractivity contribution < 1.29 is 9.53 Å². The molecule has 9 heteroatoms. The number of thioether (sulfide) groups is 1. The molecule has 0 radical (unpaired) electrons. The Hall–Kier alpha value is -2.83. The molecule has 4 rings (SSSR count). The molecule has 3 aromatic rings. The SMILES string of the molecule is COc1ccccc1CCc1nnc(SCC(=O)Nc2sc3c(c2C#N)CCC(C(C)(C)C)C3)n1C. The highest BCUT2D eigenvalue weighted by atomic mass is 32.2. The lowest BCUT2D eigenvalue weighted by atomic mass is 9.72. The number of ether oxygens (including phenoxy) is 1. The Morgan fingerprint density at radius 2 is 2.08 bits per heavy atom. The van der Waals surface area contributed by atoms with E-state index in [1.165, 1.54) is 16.6 Å². The Morgan fingerprint density at radius 3 is 2.81 bits per heavy atom. The molecule has 0 aliphatic heterocycles. The number of nitriles is 1. The number of aryl methyl sites for hydroxylation is 2. The highest BCUT2D eigenvalue weighted by Gasteiger charge is 2.32. The zero-order valence-corrected chi connectivity index (χ0v) is 23.2. The Morgan fingerprint density at radius 1 is 1.31 bits per heavy atom. The number of aromatic nitrogens is 3. The van der Waals surface area contributed by atoms with E-state index >= 15 is 0 Å². The van der Waals surface area contributed by atoms with Gasteiger partial charge in [-0.1, -0.05) is 50.7 Å². The van der Waals surface area contributed by atoms with Crippen LogP contribution in [0, 0.1) is 22.7 Å². The standard InChI is InChI=1S/C27H33N5O2S2/c1-27(2,3)18-11-12-19-20(15-28)25(36-22(19)14-18)29-24(33)16-35-26-31-30-23(32(26)4)13-10-17-8-6-7-9-21(17)34-5/h6-9,18H,10-14,16H2,1-5H3,(H,29,33). The van der Waals surface area contributed by atoms with Crippen LogP contribution >= 0.6 is 23.1 Å². The third-order valence-electron chi connectivity index (χ3n) is 6.92. The molecule has 1 aliphatic carbocycles. The predicted octanol–water partition coefficient (Wildman–Crippen LogP) is 5.42. The maximum Gasteiger partial charge on any atom is 0.235 e. The van der Waals surface area contributed by atoms with E-state index < -0.39 is 0 Å². The summed E-state index contributed by atoms with van der Waals surface area (Å²) in [6.07, 6.45) is 4.46. The van der Waals surface area contributed by atoms with Gasteiger partial charge in [0, 0.05) is 18.3 Å². The molecule has 36 heavy (non-hydrogen) atoms. The number of carbonyl (C=O) groups excluding carboxylic acids is 1. The zero-order chi connectivity index (χ0) is 25.9. The van der Waals surface area contributed by atoms with Crippen LogP contribution in [0.5, 0.6) is 5.75 Å². The average Bonchev–Trinajstić information content (AvgIpc) is 3.39. The summed E-state index contributed by atoms with van der Waals surface area (Å²) in [6, 6.07) is 10.3. The number of hydrogen-bond donors (Lipinski definition) is 1. The van der Waals surface area contributed by atoms with Gasteiger partial charge in [-0.05, 0) is 54.2 Å². The van der Waals surface area contributed by atoms with Crippen molar-refractivity contribution in [2.45, 2.75) is 58.0 Å². The third kappa shape index (κ3) is 5.76. The van der Waals surface area contributed by atoms with E-state index in [1.807, 2.05) is 29.8 Å². The molecule has 190 valence electrons. The summed E-state index contributed by atoms with van der Waals surface area (Å²) in [5, 5.41) is 22.8. The van der Waals surface area contributed by atoms with Crippen molar-refractivity contribution in [3.8, 4) is 11.8 Å². The van der Waals surface area contributed by atoms with Crippen molar-refractivity contribution in [2.75, 3.05) is 18.2 Å². The second kappa shape index (κ2) is 11.1. The van der Waals surface area contributed by atoms with Crippen molar-refractivity contribution in [1.82, 2.24) is 14.8 Å². The number of thiophene rings is 1. The Labute approximate surface area is 221 Å². The van der Waals surface area contributed by atoms with E-state index in [9.17, 15) is 10.1 Å². The minimum atomic E-state index is -0.138. The molecule has 2 heterocycles. The monoisotopic (exact) mass is 523 g/mol. The smallest absolute Gasteiger partial charge is 0.235 e. The van der Waals surface area contributed by atoms with Gasteiger partial charge < -0.3 is 14.6 Å². The Bertz CT molecular complexity index is 1280. The van der Waals surface area contributed by atoms with Crippen LogP contribution in [0.4, 0.5) is 5.00 Å². The second-order valence-electron chi connectivity index (χ2n) is 10.2. The van der Waals surface area contributed by atoms with E-state index in [0.29, 0.717) is 21.6 Å². The number of benzene rings is 1. The van der Waals surface area contributed by atoms with Crippen molar-refractivity contribution in [2.24, 2.45) is 18.4 Å². The topological polar surface area (TPSA) is 92.8 Å². The predicted molar refractivity (Wildman–Crippen MR) is 145 cm³/mol. The average molecular weight is 524 g/mol. The van der Waals surface area contributed by atoms with Crippen LogP contribution in [-0.2, 0) is 37.5 Å². The number of methoxy groups -OCH3 is 1. The molecule has 0 fully saturated rings. The number of anilines is 1. The zero-order valence-electron chi connectivity index (χ0n) is 21.6. The molecule has 0 saturated carbocycles. The molecule has 1 N–H and O–H groups in total. The number of amides is 1. The highest BCUT2D eigenvalue weighted by molar-refractivity contribution is 7.99. The first-order chi connectivity index (χ1) is 17.2. The fraction of sp³-hybridized carbons (Fsp3) is 0.481. The first kappa shape index (κ1) is 26.2. The fourth-order valence-electron chi connectivity index (χ4n) is 4.67. The number of nitrogens with zero attached hydrogens (tertiary/aromatic N) is 4. The molecule has 7 nitrogen and oxygen atoms in total. The summed E-state index contributed by atoms with van der Waals surface area (Å²) in [4.78, 5) is 14.0. The van der Waals surface area contributed by atoms with Gasteiger partial charge in [-0.2, -0.15) is 5.26 Å². The lowest BCUT2D eigenvalue weighted by Gasteiger charge is -2.33. The van der Waals surface area contributed by atoms with Crippen LogP contribution < -0.4 is 10.1 Å². The van der Waals surface area contributed by atoms with Gasteiger partial charge in [0.05, 0.1) is 18.4 Å². The molecule has 1 aliphatic rings. The van der Waals surface area contributed by atoms with Crippen LogP contribution in [0.15, 0.2) is 29.4 Å². The molecular formula is C27H33N5O2S2. The Kier molecular flexibility index (Phi) is 8.06. The molecule has 2 aromatic heterocycles. The number of carbonyl (C=O) groups is 1. The summed E-state index contributed by atoms with van der Waals surface area (Å²) in [5.41, 5.74) is 3.12. The summed E-state index contributed by atoms with van der Waals surface area (Å²) in [6.45, 7) is 6.83. The molecule has 1 unspecified atom stereocenters. The van der Waals surface area contributed by atoms with Gasteiger partial charge >= 0.3 is 0 Å². The fourth-order valence-corrected chi connectivity index (χ4v) is 6.69. The van der Waals surface area contributed by atoms with Crippen molar-refractivity contribution in [3.63, 3.8) is 0 Å². The highest BCUT2D eigenvalue weighted by Crippen LogP contribution is 2.44. The van der Waals surface area contributed by atoms with Crippen LogP contribution in [0.2, 0.25) is 0 Å². The molecule has 0 spiro atoms. The molecule has 1 aromatic carbocycles. The van der Waals surface area contributed by atoms with Crippen LogP contribution in [0.3, 0.4) is 0 Å². The quantitative estimate of drug-likeness (QED) is 0.396. The van der Waals surface area contributed by atoms with Gasteiger partial charge in [-0.15, -0.1) is 21.5 Å². The number of hydrogen-bond acceptors (Lipinski definition) is 7. The van der Waals surface area contributed by atoms with Gasteiger partial charge in [-0.25, -0.2) is 0 Å². The van der Waals surface area contributed by atoms with Gasteiger partial charge in [0.1, 0.15) is 22.6 Å². The van der Waals surface area contributed by atoms with Crippen LogP contribution in [-0.4, -0.2) is 33.5 Å². The van der Waals surface area contributed by atoms with Gasteiger partial charge in [-0.3, -0.25) is 4.79 Å². The van der Waals surface area contributed by atoms with Crippen LogP contribution in [0.25, 0.3) is 0 Å². The van der Waals surface area contributed by atoms with Crippen LogP contribution in [0.1, 0.15) is 54.6 Å². The van der Waals surface area contributed by atoms with Crippen molar-refractivity contribution in [3.05, 3.63) is 51.7 Å². The Balaban J connectivity index is 1.36. The number of rotatable bonds is 8. The number of fused-ring (bicyclic) bond motifs is 1. The minimum absolute atomic E-state index is 0.138. The van der Waals surface area contributed by atoms with E-state index in [-0.39, 0.29) is 17.1 Å². The molecular weight excluding hydrogens is 490 g/mol. The molecule has 1 atom stereocenters. The van der Waals surface area contributed by atoms with Crippen molar-refractivity contribution >= 4 is 34.0 Å². The molecule has 0 bridgehead atoms. The largest absolute Gasteiger partial charge is 0.496 e. The van der Waals surface area contributed by atoms with E-state index in [0.717, 1.165) is 54.8 Å². The number of nitrogens with one attached hydrogen (secondary N) is 1. The maximum atomic E-state index is 12.8. The van der Waals surface area contributed by atoms with E-state index in [4.69, 9.17) is 4.74 Å². The molecule has 0 saturated heterocycles. The summed E-state index contributed by atoms with van der Waals surface area (Å²) < 4.78 is 7.37. The second-order valence-corrected chi connectivity index (χ2v) is 12.3. The van der Waals surface area contributed by atoms with E-state index in [1.54, 1.807) is 18.4 Å². The first-order valence-electron chi connectivity index (χ1n) is 12.2. The lowest BCUT2D eigenvalue weighted by Crippen LogP contribution is -2.26. The minimum Gasteiger partial charge on any atom is -0.496 e. The summed E-state index contributed by atoms with van der Waals surface area (Å²) in [7, 11) is 3.60. The summed E-state index contributed by atoms with van der Waals surface area (Å²) in [5.74, 6) is 2.38. The van der Waals surface area contributed by atoms with Gasteiger partial charge in [0.2, 0.25) is 5.91 Å². The third-order valence-corrected chi connectivity index (χ3v) is 9.11.